The van der Waals surface area contributed by atoms with Crippen LogP contribution >= 0.6 is 11.3 Å². The molecule has 0 spiro atoms. The van der Waals surface area contributed by atoms with Gasteiger partial charge in [-0.2, -0.15) is 0 Å². The minimum Gasteiger partial charge on any atom is -0.491 e. The van der Waals surface area contributed by atoms with E-state index in [2.05, 4.69) is 5.32 Å². The van der Waals surface area contributed by atoms with Gasteiger partial charge in [0.1, 0.15) is 12.3 Å². The Balaban J connectivity index is 1.47. The van der Waals surface area contributed by atoms with Crippen molar-refractivity contribution >= 4 is 34.8 Å². The summed E-state index contributed by atoms with van der Waals surface area (Å²) >= 11 is 1.62. The molecular formula is C19H20N2O5S. The number of hydrogen-bond donors (Lipinski definition) is 1. The number of nitrogens with one attached hydrogen (secondary N) is 1. The van der Waals surface area contributed by atoms with Crippen molar-refractivity contribution in [1.29, 1.82) is 0 Å². The lowest BCUT2D eigenvalue weighted by atomic mass is 10.2. The fourth-order valence-electron chi connectivity index (χ4n) is 2.64. The van der Waals surface area contributed by atoms with E-state index >= 15 is 0 Å². The SMILES string of the molecule is O=C(COC(=O)CN1C(=O)CCOc2ccccc21)NCCc1cccs1. The van der Waals surface area contributed by atoms with E-state index in [1.165, 1.54) is 9.78 Å². The Labute approximate surface area is 160 Å². The van der Waals surface area contributed by atoms with Crippen molar-refractivity contribution in [2.45, 2.75) is 12.8 Å². The number of carbonyl (C=O) groups is 3. The lowest BCUT2D eigenvalue weighted by Gasteiger charge is -2.20. The van der Waals surface area contributed by atoms with Gasteiger partial charge >= 0.3 is 5.97 Å². The third-order valence-corrected chi connectivity index (χ3v) is 4.89. The van der Waals surface area contributed by atoms with E-state index in [9.17, 15) is 14.4 Å². The van der Waals surface area contributed by atoms with Crippen LogP contribution in [0, 0.1) is 0 Å². The van der Waals surface area contributed by atoms with Crippen LogP contribution in [0.25, 0.3) is 0 Å². The lowest BCUT2D eigenvalue weighted by molar-refractivity contribution is -0.147. The first kappa shape index (κ1) is 18.9. The molecule has 1 aliphatic rings. The summed E-state index contributed by atoms with van der Waals surface area (Å²) in [6.07, 6.45) is 0.904. The van der Waals surface area contributed by atoms with Gasteiger partial charge in [0.05, 0.1) is 18.7 Å². The second-order valence-corrected chi connectivity index (χ2v) is 6.92. The molecule has 7 nitrogen and oxygen atoms in total. The molecule has 1 N–H and O–H groups in total. The molecule has 1 aromatic carbocycles. The standard InChI is InChI=1S/C19H20N2O5S/c22-17(20-9-7-14-4-3-11-27-14)13-26-19(24)12-21-15-5-1-2-6-16(15)25-10-8-18(21)23/h1-6,11H,7-10,12-13H2,(H,20,22). The van der Waals surface area contributed by atoms with Crippen LogP contribution in [0.15, 0.2) is 41.8 Å². The van der Waals surface area contributed by atoms with Gasteiger partial charge in [-0.25, -0.2) is 0 Å². The van der Waals surface area contributed by atoms with E-state index in [1.54, 1.807) is 35.6 Å². The molecule has 8 heteroatoms. The molecule has 2 aromatic rings. The van der Waals surface area contributed by atoms with E-state index in [1.807, 2.05) is 17.5 Å². The molecule has 0 atom stereocenters. The first-order valence-electron chi connectivity index (χ1n) is 8.60. The number of rotatable bonds is 7. The zero-order valence-electron chi connectivity index (χ0n) is 14.7. The summed E-state index contributed by atoms with van der Waals surface area (Å²) in [5.41, 5.74) is 0.525. The number of hydrogen-bond acceptors (Lipinski definition) is 6. The summed E-state index contributed by atoms with van der Waals surface area (Å²) in [6.45, 7) is 0.103. The Morgan fingerprint density at radius 1 is 1.22 bits per heavy atom. The predicted molar refractivity (Wildman–Crippen MR) is 101 cm³/mol. The number of carbonyl (C=O) groups excluding carboxylic acids is 3. The minimum absolute atomic E-state index is 0.172. The van der Waals surface area contributed by atoms with E-state index in [0.717, 1.165) is 6.42 Å². The van der Waals surface area contributed by atoms with Crippen LogP contribution in [-0.4, -0.2) is 44.1 Å². The smallest absolute Gasteiger partial charge is 0.326 e. The number of para-hydroxylation sites is 2. The minimum atomic E-state index is -0.645. The first-order chi connectivity index (χ1) is 13.1. The Bertz CT molecular complexity index is 806. The van der Waals surface area contributed by atoms with Gasteiger partial charge in [-0.05, 0) is 30.0 Å². The van der Waals surface area contributed by atoms with Gasteiger partial charge < -0.3 is 14.8 Å². The van der Waals surface area contributed by atoms with E-state index in [0.29, 0.717) is 18.0 Å². The van der Waals surface area contributed by atoms with Crippen LogP contribution < -0.4 is 15.0 Å². The molecule has 0 saturated carbocycles. The van der Waals surface area contributed by atoms with Gasteiger partial charge in [-0.15, -0.1) is 11.3 Å². The third kappa shape index (κ3) is 5.30. The molecule has 2 amide bonds. The topological polar surface area (TPSA) is 84.9 Å². The molecule has 142 valence electrons. The van der Waals surface area contributed by atoms with Crippen LogP contribution in [-0.2, 0) is 25.5 Å². The van der Waals surface area contributed by atoms with E-state index in [-0.39, 0.29) is 38.0 Å². The van der Waals surface area contributed by atoms with Crippen molar-refractivity contribution in [3.8, 4) is 5.75 Å². The van der Waals surface area contributed by atoms with Crippen molar-refractivity contribution in [2.75, 3.05) is 31.2 Å². The van der Waals surface area contributed by atoms with Crippen molar-refractivity contribution < 1.29 is 23.9 Å². The molecule has 27 heavy (non-hydrogen) atoms. The molecule has 3 rings (SSSR count). The lowest BCUT2D eigenvalue weighted by Crippen LogP contribution is -2.37. The average molecular weight is 388 g/mol. The van der Waals surface area contributed by atoms with Gasteiger partial charge in [-0.1, -0.05) is 18.2 Å². The Morgan fingerprint density at radius 2 is 2.07 bits per heavy atom. The number of amides is 2. The van der Waals surface area contributed by atoms with Crippen LogP contribution in [0.4, 0.5) is 5.69 Å². The van der Waals surface area contributed by atoms with Gasteiger partial charge in [0.25, 0.3) is 5.91 Å². The number of benzene rings is 1. The van der Waals surface area contributed by atoms with Crippen LogP contribution in [0.1, 0.15) is 11.3 Å². The fraction of sp³-hybridized carbons (Fsp3) is 0.316. The molecule has 0 saturated heterocycles. The molecule has 0 bridgehead atoms. The summed E-state index contributed by atoms with van der Waals surface area (Å²) in [4.78, 5) is 38.7. The highest BCUT2D eigenvalue weighted by molar-refractivity contribution is 7.09. The van der Waals surface area contributed by atoms with Gasteiger partial charge in [0, 0.05) is 11.4 Å². The van der Waals surface area contributed by atoms with Crippen LogP contribution in [0.2, 0.25) is 0 Å². The average Bonchev–Trinajstić information content (AvgIpc) is 3.13. The number of nitrogens with zero attached hydrogens (tertiary/aromatic N) is 1. The second-order valence-electron chi connectivity index (χ2n) is 5.89. The molecule has 0 unspecified atom stereocenters. The zero-order valence-corrected chi connectivity index (χ0v) is 15.5. The number of fused-ring (bicyclic) bond motifs is 1. The molecule has 0 fully saturated rings. The molecular weight excluding hydrogens is 368 g/mol. The molecule has 1 aromatic heterocycles. The Morgan fingerprint density at radius 3 is 2.89 bits per heavy atom. The molecule has 0 aliphatic carbocycles. The zero-order chi connectivity index (χ0) is 19.1. The fourth-order valence-corrected chi connectivity index (χ4v) is 3.35. The number of anilines is 1. The summed E-state index contributed by atoms with van der Waals surface area (Å²) in [5.74, 6) is -0.695. The maximum Gasteiger partial charge on any atom is 0.326 e. The van der Waals surface area contributed by atoms with Crippen LogP contribution in [0.5, 0.6) is 5.75 Å². The van der Waals surface area contributed by atoms with Gasteiger partial charge in [0.2, 0.25) is 5.91 Å². The van der Waals surface area contributed by atoms with Crippen LogP contribution in [0.3, 0.4) is 0 Å². The third-order valence-electron chi connectivity index (χ3n) is 3.96. The van der Waals surface area contributed by atoms with Gasteiger partial charge in [-0.3, -0.25) is 19.3 Å². The molecule has 1 aliphatic heterocycles. The number of ether oxygens (including phenoxy) is 2. The summed E-state index contributed by atoms with van der Waals surface area (Å²) < 4.78 is 10.5. The Kier molecular flexibility index (Phi) is 6.43. The highest BCUT2D eigenvalue weighted by atomic mass is 32.1. The van der Waals surface area contributed by atoms with Crippen molar-refractivity contribution in [3.63, 3.8) is 0 Å². The van der Waals surface area contributed by atoms with Crippen molar-refractivity contribution in [3.05, 3.63) is 46.7 Å². The first-order valence-corrected chi connectivity index (χ1v) is 9.48. The van der Waals surface area contributed by atoms with Crippen molar-refractivity contribution in [2.24, 2.45) is 0 Å². The Hall–Kier alpha value is -2.87. The summed E-state index contributed by atoms with van der Waals surface area (Å²) in [7, 11) is 0. The maximum absolute atomic E-state index is 12.3. The predicted octanol–water partition coefficient (Wildman–Crippen LogP) is 1.77. The largest absolute Gasteiger partial charge is 0.491 e. The van der Waals surface area contributed by atoms with Gasteiger partial charge in [0.15, 0.2) is 6.61 Å². The second kappa shape index (κ2) is 9.18. The quantitative estimate of drug-likeness (QED) is 0.731. The van der Waals surface area contributed by atoms with Crippen molar-refractivity contribution in [1.82, 2.24) is 5.32 Å². The van der Waals surface area contributed by atoms with E-state index < -0.39 is 5.97 Å². The summed E-state index contributed by atoms with van der Waals surface area (Å²) in [6, 6.07) is 11.0. The molecule has 0 radical (unpaired) electrons. The normalized spacial score (nSPS) is 13.3. The molecule has 2 heterocycles. The number of esters is 1. The monoisotopic (exact) mass is 388 g/mol. The number of thiophene rings is 1. The van der Waals surface area contributed by atoms with E-state index in [4.69, 9.17) is 9.47 Å². The highest BCUT2D eigenvalue weighted by Crippen LogP contribution is 2.30. The highest BCUT2D eigenvalue weighted by Gasteiger charge is 2.25. The summed E-state index contributed by atoms with van der Waals surface area (Å²) in [5, 5.41) is 4.68. The maximum atomic E-state index is 12.3.